The zero-order valence-electron chi connectivity index (χ0n) is 22.3. The number of hydrogen-bond acceptors (Lipinski definition) is 10. The van der Waals surface area contributed by atoms with E-state index in [1.54, 1.807) is 43.7 Å². The van der Waals surface area contributed by atoms with Crippen LogP contribution in [-0.4, -0.2) is 61.5 Å². The lowest BCUT2D eigenvalue weighted by Crippen LogP contribution is -2.28. The number of esters is 2. The van der Waals surface area contributed by atoms with Crippen LogP contribution in [0, 0.1) is 0 Å². The highest BCUT2D eigenvalue weighted by Gasteiger charge is 2.29. The van der Waals surface area contributed by atoms with Crippen LogP contribution < -0.4 is 10.1 Å². The number of nitrogens with one attached hydrogen (secondary N) is 1. The molecule has 0 atom stereocenters. The summed E-state index contributed by atoms with van der Waals surface area (Å²) in [5, 5.41) is 2.82. The average Bonchev–Trinajstić information content (AvgIpc) is 3.39. The number of carbonyl (C=O) groups is 4. The Morgan fingerprint density at radius 2 is 1.70 bits per heavy atom. The highest BCUT2D eigenvalue weighted by Crippen LogP contribution is 2.38. The van der Waals surface area contributed by atoms with Gasteiger partial charge in [-0.05, 0) is 63.3 Å². The van der Waals surface area contributed by atoms with Crippen molar-refractivity contribution in [3.8, 4) is 0 Å². The molecule has 11 nitrogen and oxygen atoms in total. The molecule has 0 radical (unpaired) electrons. The van der Waals surface area contributed by atoms with Gasteiger partial charge >= 0.3 is 11.9 Å². The van der Waals surface area contributed by atoms with Crippen molar-refractivity contribution in [2.45, 2.75) is 39.5 Å². The van der Waals surface area contributed by atoms with Gasteiger partial charge in [0.1, 0.15) is 16.5 Å². The minimum Gasteiger partial charge on any atom is -0.462 e. The van der Waals surface area contributed by atoms with Gasteiger partial charge in [0.05, 0.1) is 34.6 Å². The number of rotatable bonds is 9. The van der Waals surface area contributed by atoms with E-state index >= 15 is 0 Å². The normalized spacial score (nSPS) is 13.6. The molecular weight excluding hydrogens is 579 g/mol. The van der Waals surface area contributed by atoms with Gasteiger partial charge < -0.3 is 19.4 Å². The predicted octanol–water partition coefficient (Wildman–Crippen LogP) is 3.01. The van der Waals surface area contributed by atoms with Crippen LogP contribution in [0.1, 0.15) is 57.8 Å². The van der Waals surface area contributed by atoms with Crippen LogP contribution >= 0.6 is 22.7 Å². The van der Waals surface area contributed by atoms with Crippen LogP contribution in [0.5, 0.6) is 0 Å². The Morgan fingerprint density at radius 3 is 2.42 bits per heavy atom. The van der Waals surface area contributed by atoms with Crippen molar-refractivity contribution in [1.82, 2.24) is 4.57 Å². The lowest BCUT2D eigenvalue weighted by atomic mass is 9.95. The number of anilines is 1. The Bertz CT molecular complexity index is 1660. The minimum atomic E-state index is -4.17. The molecule has 0 saturated heterocycles. The number of benzene rings is 1. The highest BCUT2D eigenvalue weighted by molar-refractivity contribution is 7.92. The van der Waals surface area contributed by atoms with E-state index < -0.39 is 45.1 Å². The summed E-state index contributed by atoms with van der Waals surface area (Å²) < 4.78 is 37.9. The first-order valence-corrected chi connectivity index (χ1v) is 16.1. The summed E-state index contributed by atoms with van der Waals surface area (Å²) in [6, 6.07) is 4.91. The maximum absolute atomic E-state index is 12.7. The van der Waals surface area contributed by atoms with Gasteiger partial charge in [-0.2, -0.15) is 4.99 Å². The summed E-state index contributed by atoms with van der Waals surface area (Å²) in [5.41, 5.74) is 2.16. The Morgan fingerprint density at radius 1 is 1.00 bits per heavy atom. The molecule has 4 rings (SSSR count). The number of fused-ring (bicyclic) bond motifs is 2. The minimum absolute atomic E-state index is 0.168. The standard InChI is InChI=1S/C26H29N3O8S3/c1-4-36-24(32)15-10-11-17-19(12-15)39-26(29(17)3)28-21(31)14-40(34,35)13-20(30)27-23-22(25(33)37-5-2)16-8-6-7-9-18(16)38-23/h10-12H,4-9,13-14H2,1-3H3,(H,27,30). The molecule has 2 amide bonds. The zero-order chi connectivity index (χ0) is 29.0. The zero-order valence-corrected chi connectivity index (χ0v) is 24.7. The number of ether oxygens (including phenoxy) is 2. The molecule has 1 aliphatic carbocycles. The van der Waals surface area contributed by atoms with Crippen molar-refractivity contribution < 1.29 is 37.1 Å². The molecule has 1 N–H and O–H groups in total. The van der Waals surface area contributed by atoms with E-state index in [9.17, 15) is 27.6 Å². The number of nitrogens with zero attached hydrogens (tertiary/aromatic N) is 2. The molecule has 0 fully saturated rings. The predicted molar refractivity (Wildman–Crippen MR) is 152 cm³/mol. The molecule has 40 heavy (non-hydrogen) atoms. The van der Waals surface area contributed by atoms with E-state index in [4.69, 9.17) is 9.47 Å². The van der Waals surface area contributed by atoms with E-state index in [0.29, 0.717) is 22.2 Å². The molecular formula is C26H29N3O8S3. The Labute approximate surface area is 238 Å². The highest BCUT2D eigenvalue weighted by atomic mass is 32.2. The van der Waals surface area contributed by atoms with E-state index in [0.717, 1.165) is 41.0 Å². The van der Waals surface area contributed by atoms with Crippen LogP contribution in [0.2, 0.25) is 0 Å². The molecule has 0 spiro atoms. The molecule has 0 unspecified atom stereocenters. The fourth-order valence-corrected chi connectivity index (χ4v) is 7.78. The number of thiophene rings is 1. The summed E-state index contributed by atoms with van der Waals surface area (Å²) >= 11 is 2.37. The van der Waals surface area contributed by atoms with Gasteiger partial charge in [0.25, 0.3) is 5.91 Å². The second-order valence-electron chi connectivity index (χ2n) is 9.07. The Balaban J connectivity index is 1.48. The quantitative estimate of drug-likeness (QED) is 0.365. The molecule has 0 aliphatic heterocycles. The topological polar surface area (TPSA) is 150 Å². The SMILES string of the molecule is CCOC(=O)c1ccc2c(c1)sc(=NC(=O)CS(=O)(=O)CC(=O)Nc1sc3c(c1C(=O)OCC)CCCC3)n2C. The van der Waals surface area contributed by atoms with E-state index in [1.165, 1.54) is 11.3 Å². The molecule has 1 aromatic carbocycles. The molecule has 2 heterocycles. The van der Waals surface area contributed by atoms with E-state index in [-0.39, 0.29) is 28.6 Å². The number of aryl methyl sites for hydroxylation is 2. The number of amides is 2. The molecule has 1 aliphatic rings. The third-order valence-electron chi connectivity index (χ3n) is 6.14. The lowest BCUT2D eigenvalue weighted by Gasteiger charge is -2.12. The number of carbonyl (C=O) groups excluding carboxylic acids is 4. The van der Waals surface area contributed by atoms with Crippen molar-refractivity contribution in [2.24, 2.45) is 12.0 Å². The van der Waals surface area contributed by atoms with Crippen LogP contribution in [0.4, 0.5) is 5.00 Å². The van der Waals surface area contributed by atoms with Crippen molar-refractivity contribution in [3.05, 3.63) is 44.6 Å². The smallest absolute Gasteiger partial charge is 0.341 e. The second-order valence-corrected chi connectivity index (χ2v) is 13.2. The summed E-state index contributed by atoms with van der Waals surface area (Å²) in [6.45, 7) is 3.79. The van der Waals surface area contributed by atoms with E-state index in [2.05, 4.69) is 10.3 Å². The third-order valence-corrected chi connectivity index (χ3v) is 9.83. The first-order valence-electron chi connectivity index (χ1n) is 12.7. The maximum atomic E-state index is 12.7. The van der Waals surface area contributed by atoms with Gasteiger partial charge in [0.15, 0.2) is 14.6 Å². The summed E-state index contributed by atoms with van der Waals surface area (Å²) in [4.78, 5) is 55.1. The fraction of sp³-hybridized carbons (Fsp3) is 0.423. The summed E-state index contributed by atoms with van der Waals surface area (Å²) in [7, 11) is -2.50. The monoisotopic (exact) mass is 607 g/mol. The van der Waals surface area contributed by atoms with Gasteiger partial charge in [-0.25, -0.2) is 18.0 Å². The van der Waals surface area contributed by atoms with Crippen molar-refractivity contribution in [2.75, 3.05) is 30.0 Å². The van der Waals surface area contributed by atoms with Crippen molar-refractivity contribution in [3.63, 3.8) is 0 Å². The van der Waals surface area contributed by atoms with Gasteiger partial charge in [-0.1, -0.05) is 11.3 Å². The first-order chi connectivity index (χ1) is 19.0. The van der Waals surface area contributed by atoms with Gasteiger partial charge in [-0.15, -0.1) is 11.3 Å². The summed E-state index contributed by atoms with van der Waals surface area (Å²) in [6.07, 6.45) is 3.33. The fourth-order valence-electron chi connectivity index (χ4n) is 4.40. The van der Waals surface area contributed by atoms with Gasteiger partial charge in [0.2, 0.25) is 5.91 Å². The third kappa shape index (κ3) is 6.67. The molecule has 0 saturated carbocycles. The number of thiazole rings is 1. The average molecular weight is 608 g/mol. The number of aromatic nitrogens is 1. The second kappa shape index (κ2) is 12.4. The maximum Gasteiger partial charge on any atom is 0.341 e. The Kier molecular flexibility index (Phi) is 9.21. The van der Waals surface area contributed by atoms with Crippen molar-refractivity contribution >= 4 is 71.5 Å². The molecule has 214 valence electrons. The van der Waals surface area contributed by atoms with Crippen LogP contribution in [0.25, 0.3) is 10.2 Å². The van der Waals surface area contributed by atoms with Crippen LogP contribution in [-0.2, 0) is 48.8 Å². The largest absolute Gasteiger partial charge is 0.462 e. The summed E-state index contributed by atoms with van der Waals surface area (Å²) in [5.74, 6) is -4.72. The van der Waals surface area contributed by atoms with Crippen LogP contribution in [0.15, 0.2) is 23.2 Å². The molecule has 0 bridgehead atoms. The number of sulfone groups is 1. The van der Waals surface area contributed by atoms with Gasteiger partial charge in [-0.3, -0.25) is 9.59 Å². The number of hydrogen-bond donors (Lipinski definition) is 1. The molecule has 14 heteroatoms. The molecule has 2 aromatic heterocycles. The molecule has 3 aromatic rings. The van der Waals surface area contributed by atoms with Gasteiger partial charge in [0, 0.05) is 11.9 Å². The van der Waals surface area contributed by atoms with E-state index in [1.807, 2.05) is 0 Å². The Hall–Kier alpha value is -3.36. The van der Waals surface area contributed by atoms with Crippen molar-refractivity contribution in [1.29, 1.82) is 0 Å². The van der Waals surface area contributed by atoms with Crippen LogP contribution in [0.3, 0.4) is 0 Å². The lowest BCUT2D eigenvalue weighted by molar-refractivity contribution is -0.115. The first kappa shape index (κ1) is 29.6.